The van der Waals surface area contributed by atoms with Crippen molar-refractivity contribution < 1.29 is 4.74 Å². The monoisotopic (exact) mass is 335 g/mol. The highest BCUT2D eigenvalue weighted by Gasteiger charge is 2.07. The molecule has 0 unspecified atom stereocenters. The zero-order valence-electron chi connectivity index (χ0n) is 8.34. The number of ether oxygens (including phenoxy) is 1. The molecule has 0 aliphatic rings. The van der Waals surface area contributed by atoms with Crippen LogP contribution < -0.4 is 15.8 Å². The lowest BCUT2D eigenvalue weighted by Crippen LogP contribution is -2.22. The van der Waals surface area contributed by atoms with Crippen molar-refractivity contribution in [3.63, 3.8) is 0 Å². The van der Waals surface area contributed by atoms with E-state index >= 15 is 0 Å². The van der Waals surface area contributed by atoms with Gasteiger partial charge in [-0.25, -0.2) is 0 Å². The van der Waals surface area contributed by atoms with Gasteiger partial charge in [0.25, 0.3) is 0 Å². The van der Waals surface area contributed by atoms with Gasteiger partial charge in [0.05, 0.1) is 17.3 Å². The van der Waals surface area contributed by atoms with E-state index in [0.29, 0.717) is 5.96 Å². The predicted octanol–water partition coefficient (Wildman–Crippen LogP) is 2.58. The molecule has 0 radical (unpaired) electrons. The normalized spacial score (nSPS) is 11.3. The van der Waals surface area contributed by atoms with Gasteiger partial charge in [-0.3, -0.25) is 4.99 Å². The Morgan fingerprint density at radius 1 is 1.40 bits per heavy atom. The lowest BCUT2D eigenvalue weighted by atomic mass is 10.3. The minimum atomic E-state index is 0.347. The number of hydrogen-bond donors (Lipinski definition) is 2. The molecule has 0 saturated heterocycles. The molecule has 1 aromatic rings. The zero-order valence-corrected chi connectivity index (χ0v) is 11.5. The van der Waals surface area contributed by atoms with Crippen LogP contribution in [0.3, 0.4) is 0 Å². The van der Waals surface area contributed by atoms with E-state index < -0.39 is 0 Å². The molecule has 1 aromatic carbocycles. The first kappa shape index (κ1) is 12.3. The molecule has 1 rings (SSSR count). The van der Waals surface area contributed by atoms with Crippen LogP contribution in [0.4, 0.5) is 5.69 Å². The Morgan fingerprint density at radius 3 is 2.60 bits per heavy atom. The molecular weight excluding hydrogens is 326 g/mol. The molecule has 15 heavy (non-hydrogen) atoms. The van der Waals surface area contributed by atoms with Crippen LogP contribution in [0.15, 0.2) is 26.1 Å². The summed E-state index contributed by atoms with van der Waals surface area (Å²) in [4.78, 5) is 3.81. The first-order chi connectivity index (χ1) is 7.08. The molecule has 3 N–H and O–H groups in total. The summed E-state index contributed by atoms with van der Waals surface area (Å²) in [5, 5.41) is 2.94. The van der Waals surface area contributed by atoms with E-state index in [9.17, 15) is 0 Å². The number of guanidine groups is 1. The summed E-state index contributed by atoms with van der Waals surface area (Å²) in [6, 6.07) is 3.70. The smallest absolute Gasteiger partial charge is 0.192 e. The Bertz CT molecular complexity index is 393. The fraction of sp³-hybridized carbons (Fsp3) is 0.222. The highest BCUT2D eigenvalue weighted by atomic mass is 79.9. The summed E-state index contributed by atoms with van der Waals surface area (Å²) in [6.07, 6.45) is 0. The van der Waals surface area contributed by atoms with Crippen LogP contribution >= 0.6 is 31.9 Å². The van der Waals surface area contributed by atoms with E-state index in [0.717, 1.165) is 20.4 Å². The van der Waals surface area contributed by atoms with Crippen LogP contribution in [0.1, 0.15) is 0 Å². The Hall–Kier alpha value is -0.750. The molecule has 0 aromatic heterocycles. The summed E-state index contributed by atoms with van der Waals surface area (Å²) in [5.74, 6) is 1.07. The average molecular weight is 337 g/mol. The number of halogens is 2. The lowest BCUT2D eigenvalue weighted by molar-refractivity contribution is 0.412. The molecule has 0 fully saturated rings. The highest BCUT2D eigenvalue weighted by molar-refractivity contribution is 9.11. The minimum Gasteiger partial charge on any atom is -0.495 e. The van der Waals surface area contributed by atoms with Crippen molar-refractivity contribution in [1.82, 2.24) is 0 Å². The van der Waals surface area contributed by atoms with Crippen molar-refractivity contribution in [2.75, 3.05) is 19.5 Å². The quantitative estimate of drug-likeness (QED) is 0.644. The predicted molar refractivity (Wildman–Crippen MR) is 69.6 cm³/mol. The van der Waals surface area contributed by atoms with E-state index in [4.69, 9.17) is 10.5 Å². The number of anilines is 1. The second kappa shape index (κ2) is 5.37. The largest absolute Gasteiger partial charge is 0.495 e. The molecule has 0 heterocycles. The standard InChI is InChI=1S/C9H11Br2N3O/c1-13-9(12)14-7-4-8(15-2)6(11)3-5(7)10/h3-4H,1-2H3,(H3,12,13,14). The van der Waals surface area contributed by atoms with Crippen molar-refractivity contribution >= 4 is 43.5 Å². The SMILES string of the molecule is CN=C(N)Nc1cc(OC)c(Br)cc1Br. The summed E-state index contributed by atoms with van der Waals surface area (Å²) in [7, 11) is 3.22. The number of nitrogens with one attached hydrogen (secondary N) is 1. The van der Waals surface area contributed by atoms with Crippen molar-refractivity contribution in [1.29, 1.82) is 0 Å². The topological polar surface area (TPSA) is 59.6 Å². The van der Waals surface area contributed by atoms with E-state index in [2.05, 4.69) is 42.2 Å². The van der Waals surface area contributed by atoms with Crippen LogP contribution in [0.2, 0.25) is 0 Å². The Kier molecular flexibility index (Phi) is 4.41. The number of rotatable bonds is 2. The number of methoxy groups -OCH3 is 1. The molecule has 0 spiro atoms. The molecule has 0 bridgehead atoms. The molecule has 0 aliphatic heterocycles. The average Bonchev–Trinajstić information content (AvgIpc) is 2.21. The minimum absolute atomic E-state index is 0.347. The van der Waals surface area contributed by atoms with Crippen LogP contribution in [-0.2, 0) is 0 Å². The summed E-state index contributed by atoms with van der Waals surface area (Å²) in [5.41, 5.74) is 6.37. The van der Waals surface area contributed by atoms with Crippen LogP contribution in [0.5, 0.6) is 5.75 Å². The lowest BCUT2D eigenvalue weighted by Gasteiger charge is -2.10. The number of benzene rings is 1. The van der Waals surface area contributed by atoms with Gasteiger partial charge in [-0.15, -0.1) is 0 Å². The van der Waals surface area contributed by atoms with Gasteiger partial charge in [0, 0.05) is 17.6 Å². The molecule has 4 nitrogen and oxygen atoms in total. The molecular formula is C9H11Br2N3O. The third-order valence-corrected chi connectivity index (χ3v) is 3.02. The number of hydrogen-bond acceptors (Lipinski definition) is 2. The van der Waals surface area contributed by atoms with Crippen molar-refractivity contribution in [2.24, 2.45) is 10.7 Å². The summed E-state index contributed by atoms with van der Waals surface area (Å²) >= 11 is 6.79. The van der Waals surface area contributed by atoms with Gasteiger partial charge in [0.15, 0.2) is 5.96 Å². The maximum absolute atomic E-state index is 5.57. The van der Waals surface area contributed by atoms with E-state index in [1.54, 1.807) is 14.2 Å². The second-order valence-corrected chi connectivity index (χ2v) is 4.41. The fourth-order valence-corrected chi connectivity index (χ4v) is 2.23. The van der Waals surface area contributed by atoms with Gasteiger partial charge in [-0.1, -0.05) is 0 Å². The molecule has 0 amide bonds. The van der Waals surface area contributed by atoms with Crippen LogP contribution in [0, 0.1) is 0 Å². The van der Waals surface area contributed by atoms with E-state index in [1.165, 1.54) is 0 Å². The Morgan fingerprint density at radius 2 is 2.07 bits per heavy atom. The zero-order chi connectivity index (χ0) is 11.4. The van der Waals surface area contributed by atoms with Gasteiger partial charge in [-0.2, -0.15) is 0 Å². The van der Waals surface area contributed by atoms with Crippen LogP contribution in [0.25, 0.3) is 0 Å². The van der Waals surface area contributed by atoms with Gasteiger partial charge in [0.2, 0.25) is 0 Å². The van der Waals surface area contributed by atoms with Crippen LogP contribution in [-0.4, -0.2) is 20.1 Å². The van der Waals surface area contributed by atoms with Gasteiger partial charge in [0.1, 0.15) is 5.75 Å². The maximum Gasteiger partial charge on any atom is 0.192 e. The van der Waals surface area contributed by atoms with Gasteiger partial charge in [-0.05, 0) is 37.9 Å². The first-order valence-corrected chi connectivity index (χ1v) is 5.69. The Balaban J connectivity index is 3.07. The van der Waals surface area contributed by atoms with Gasteiger partial charge < -0.3 is 15.8 Å². The van der Waals surface area contributed by atoms with Crippen molar-refractivity contribution in [2.45, 2.75) is 0 Å². The van der Waals surface area contributed by atoms with Gasteiger partial charge >= 0.3 is 0 Å². The third-order valence-electron chi connectivity index (χ3n) is 1.75. The van der Waals surface area contributed by atoms with Crippen molar-refractivity contribution in [3.8, 4) is 5.75 Å². The number of aliphatic imine (C=N–C) groups is 1. The molecule has 6 heteroatoms. The summed E-state index contributed by atoms with van der Waals surface area (Å²) in [6.45, 7) is 0. The van der Waals surface area contributed by atoms with E-state index in [-0.39, 0.29) is 0 Å². The first-order valence-electron chi connectivity index (χ1n) is 4.10. The fourth-order valence-electron chi connectivity index (χ4n) is 0.975. The molecule has 82 valence electrons. The summed E-state index contributed by atoms with van der Waals surface area (Å²) < 4.78 is 6.91. The Labute approximate surface area is 105 Å². The maximum atomic E-state index is 5.57. The third kappa shape index (κ3) is 3.10. The van der Waals surface area contributed by atoms with Crippen molar-refractivity contribution in [3.05, 3.63) is 21.1 Å². The number of nitrogens with zero attached hydrogens (tertiary/aromatic N) is 1. The molecule has 0 saturated carbocycles. The molecule has 0 aliphatic carbocycles. The second-order valence-electron chi connectivity index (χ2n) is 2.70. The highest BCUT2D eigenvalue weighted by Crippen LogP contribution is 2.34. The number of nitrogens with two attached hydrogens (primary N) is 1. The molecule has 0 atom stereocenters. The van der Waals surface area contributed by atoms with E-state index in [1.807, 2.05) is 12.1 Å².